The molecule has 2 N–H and O–H groups in total. The number of hydrogen-bond donors (Lipinski definition) is 2. The lowest BCUT2D eigenvalue weighted by Gasteiger charge is -2.27. The van der Waals surface area contributed by atoms with Crippen LogP contribution in [-0.2, 0) is 9.59 Å². The molecule has 2 atom stereocenters. The molecular formula is C16H24N2O3. The number of likely N-dealkylation sites (N-methyl/N-ethyl adjacent to an activating group) is 1. The number of carbonyl (C=O) groups excluding carboxylic acids is 1. The lowest BCUT2D eigenvalue weighted by Crippen LogP contribution is -2.50. The van der Waals surface area contributed by atoms with E-state index in [1.54, 1.807) is 6.92 Å². The summed E-state index contributed by atoms with van der Waals surface area (Å²) in [7, 11) is 1.82. The maximum atomic E-state index is 12.2. The highest BCUT2D eigenvalue weighted by molar-refractivity contribution is 5.88. The maximum Gasteiger partial charge on any atom is 0.326 e. The molecule has 0 spiro atoms. The molecule has 0 saturated heterocycles. The molecule has 5 heteroatoms. The van der Waals surface area contributed by atoms with E-state index in [0.29, 0.717) is 6.42 Å². The average molecular weight is 292 g/mol. The van der Waals surface area contributed by atoms with Crippen LogP contribution in [0.25, 0.3) is 0 Å². The summed E-state index contributed by atoms with van der Waals surface area (Å²) in [4.78, 5) is 25.3. The van der Waals surface area contributed by atoms with Crippen molar-refractivity contribution < 1.29 is 14.7 Å². The van der Waals surface area contributed by atoms with Gasteiger partial charge in [0.1, 0.15) is 12.1 Å². The highest BCUT2D eigenvalue weighted by atomic mass is 16.4. The summed E-state index contributed by atoms with van der Waals surface area (Å²) in [6.45, 7) is 5.62. The van der Waals surface area contributed by atoms with Crippen molar-refractivity contribution in [1.82, 2.24) is 5.32 Å². The molecule has 0 saturated carbocycles. The fourth-order valence-corrected chi connectivity index (χ4v) is 2.05. The van der Waals surface area contributed by atoms with E-state index in [9.17, 15) is 14.7 Å². The van der Waals surface area contributed by atoms with Gasteiger partial charge in [-0.2, -0.15) is 0 Å². The van der Waals surface area contributed by atoms with Gasteiger partial charge in [-0.1, -0.05) is 32.0 Å². The number of nitrogens with one attached hydrogen (secondary N) is 1. The molecule has 0 aliphatic heterocycles. The smallest absolute Gasteiger partial charge is 0.326 e. The number of carboxylic acid groups (broad SMARTS) is 1. The van der Waals surface area contributed by atoms with E-state index >= 15 is 0 Å². The van der Waals surface area contributed by atoms with Crippen LogP contribution in [0.2, 0.25) is 0 Å². The number of amides is 1. The number of nitrogens with zero attached hydrogens (tertiary/aromatic N) is 1. The van der Waals surface area contributed by atoms with Crippen molar-refractivity contribution in [3.8, 4) is 0 Å². The van der Waals surface area contributed by atoms with Crippen molar-refractivity contribution in [1.29, 1.82) is 0 Å². The van der Waals surface area contributed by atoms with Crippen LogP contribution in [-0.4, -0.2) is 36.1 Å². The Morgan fingerprint density at radius 3 is 2.24 bits per heavy atom. The van der Waals surface area contributed by atoms with Gasteiger partial charge in [0.2, 0.25) is 5.91 Å². The summed E-state index contributed by atoms with van der Waals surface area (Å²) < 4.78 is 0. The highest BCUT2D eigenvalue weighted by Crippen LogP contribution is 2.14. The number of carboxylic acids is 1. The minimum absolute atomic E-state index is 0.202. The summed E-state index contributed by atoms with van der Waals surface area (Å²) in [5, 5.41) is 11.8. The predicted octanol–water partition coefficient (Wildman–Crippen LogP) is 2.13. The van der Waals surface area contributed by atoms with E-state index in [0.717, 1.165) is 5.69 Å². The van der Waals surface area contributed by atoms with Crippen LogP contribution >= 0.6 is 0 Å². The molecule has 0 heterocycles. The fraction of sp³-hybridized carbons (Fsp3) is 0.500. The third-order valence-electron chi connectivity index (χ3n) is 3.45. The van der Waals surface area contributed by atoms with Crippen molar-refractivity contribution in [2.45, 2.75) is 39.3 Å². The van der Waals surface area contributed by atoms with Gasteiger partial charge in [-0.25, -0.2) is 4.79 Å². The monoisotopic (exact) mass is 292 g/mol. The first-order valence-electron chi connectivity index (χ1n) is 7.14. The molecule has 5 nitrogen and oxygen atoms in total. The van der Waals surface area contributed by atoms with Crippen molar-refractivity contribution in [3.05, 3.63) is 30.3 Å². The van der Waals surface area contributed by atoms with Crippen molar-refractivity contribution in [2.75, 3.05) is 11.9 Å². The average Bonchev–Trinajstić information content (AvgIpc) is 2.45. The molecule has 0 bridgehead atoms. The van der Waals surface area contributed by atoms with E-state index in [-0.39, 0.29) is 11.8 Å². The van der Waals surface area contributed by atoms with E-state index in [4.69, 9.17) is 0 Å². The third kappa shape index (κ3) is 5.10. The minimum Gasteiger partial charge on any atom is -0.480 e. The Hall–Kier alpha value is -2.04. The summed E-state index contributed by atoms with van der Waals surface area (Å²) >= 11 is 0. The molecule has 1 aromatic carbocycles. The second-order valence-corrected chi connectivity index (χ2v) is 5.65. The zero-order valence-corrected chi connectivity index (χ0v) is 13.0. The molecule has 1 amide bonds. The normalized spacial score (nSPS) is 13.6. The summed E-state index contributed by atoms with van der Waals surface area (Å²) in [6, 6.07) is 8.24. The first-order chi connectivity index (χ1) is 9.82. The second-order valence-electron chi connectivity index (χ2n) is 5.65. The number of carbonyl (C=O) groups is 2. The van der Waals surface area contributed by atoms with Crippen molar-refractivity contribution in [2.24, 2.45) is 5.92 Å². The maximum absolute atomic E-state index is 12.2. The van der Waals surface area contributed by atoms with Gasteiger partial charge in [0, 0.05) is 12.7 Å². The van der Waals surface area contributed by atoms with Gasteiger partial charge in [-0.15, -0.1) is 0 Å². The van der Waals surface area contributed by atoms with Gasteiger partial charge in [-0.05, 0) is 31.4 Å². The Labute approximate surface area is 126 Å². The van der Waals surface area contributed by atoms with Crippen LogP contribution in [0.1, 0.15) is 27.2 Å². The van der Waals surface area contributed by atoms with Gasteiger partial charge in [0.15, 0.2) is 0 Å². The van der Waals surface area contributed by atoms with Crippen LogP contribution < -0.4 is 10.2 Å². The van der Waals surface area contributed by atoms with Gasteiger partial charge in [-0.3, -0.25) is 4.79 Å². The predicted molar refractivity (Wildman–Crippen MR) is 83.3 cm³/mol. The summed E-state index contributed by atoms with van der Waals surface area (Å²) in [6.07, 6.45) is 0.419. The molecule has 1 rings (SSSR count). The minimum atomic E-state index is -0.994. The quantitative estimate of drug-likeness (QED) is 0.807. The molecule has 116 valence electrons. The van der Waals surface area contributed by atoms with E-state index in [1.165, 1.54) is 0 Å². The third-order valence-corrected chi connectivity index (χ3v) is 3.45. The first-order valence-corrected chi connectivity index (χ1v) is 7.14. The SMILES string of the molecule is CC(C)CC(NC(=O)C(C)N(C)c1ccccc1)C(=O)O. The largest absolute Gasteiger partial charge is 0.480 e. The lowest BCUT2D eigenvalue weighted by atomic mass is 10.0. The molecule has 0 fully saturated rings. The zero-order chi connectivity index (χ0) is 16.0. The molecule has 21 heavy (non-hydrogen) atoms. The van der Waals surface area contributed by atoms with Crippen LogP contribution in [0.5, 0.6) is 0 Å². The van der Waals surface area contributed by atoms with Crippen LogP contribution in [0.4, 0.5) is 5.69 Å². The van der Waals surface area contributed by atoms with Gasteiger partial charge in [0.25, 0.3) is 0 Å². The Morgan fingerprint density at radius 2 is 1.76 bits per heavy atom. The van der Waals surface area contributed by atoms with Crippen LogP contribution in [0.3, 0.4) is 0 Å². The zero-order valence-electron chi connectivity index (χ0n) is 13.0. The topological polar surface area (TPSA) is 69.6 Å². The van der Waals surface area contributed by atoms with Gasteiger partial charge < -0.3 is 15.3 Å². The van der Waals surface area contributed by atoms with Crippen molar-refractivity contribution in [3.63, 3.8) is 0 Å². The molecule has 0 aromatic heterocycles. The molecule has 0 aliphatic rings. The Morgan fingerprint density at radius 1 is 1.19 bits per heavy atom. The number of aliphatic carboxylic acids is 1. The van der Waals surface area contributed by atoms with Crippen LogP contribution in [0.15, 0.2) is 30.3 Å². The number of hydrogen-bond acceptors (Lipinski definition) is 3. The Bertz CT molecular complexity index is 474. The molecular weight excluding hydrogens is 268 g/mol. The van der Waals surface area contributed by atoms with Crippen LogP contribution in [0, 0.1) is 5.92 Å². The molecule has 0 radical (unpaired) electrons. The van der Waals surface area contributed by atoms with Gasteiger partial charge in [0.05, 0.1) is 0 Å². The van der Waals surface area contributed by atoms with E-state index < -0.39 is 18.1 Å². The van der Waals surface area contributed by atoms with E-state index in [1.807, 2.05) is 56.1 Å². The summed E-state index contributed by atoms with van der Waals surface area (Å²) in [5.74, 6) is -1.07. The lowest BCUT2D eigenvalue weighted by molar-refractivity contribution is -0.142. The molecule has 0 aliphatic carbocycles. The molecule has 2 unspecified atom stereocenters. The number of para-hydroxylation sites is 1. The van der Waals surface area contributed by atoms with Crippen molar-refractivity contribution >= 4 is 17.6 Å². The van der Waals surface area contributed by atoms with Gasteiger partial charge >= 0.3 is 5.97 Å². The Balaban J connectivity index is 2.71. The van der Waals surface area contributed by atoms with E-state index in [2.05, 4.69) is 5.32 Å². The Kier molecular flexibility index (Phi) is 6.21. The number of rotatable bonds is 7. The standard InChI is InChI=1S/C16H24N2O3/c1-11(2)10-14(16(20)21)17-15(19)12(3)18(4)13-8-6-5-7-9-13/h5-9,11-12,14H,10H2,1-4H3,(H,17,19)(H,20,21). The fourth-order valence-electron chi connectivity index (χ4n) is 2.05. The number of benzene rings is 1. The second kappa shape index (κ2) is 7.67. The summed E-state index contributed by atoms with van der Waals surface area (Å²) in [5.41, 5.74) is 0.913. The first kappa shape index (κ1) is 17.0. The molecule has 1 aromatic rings. The number of anilines is 1. The highest BCUT2D eigenvalue weighted by Gasteiger charge is 2.25.